The highest BCUT2D eigenvalue weighted by atomic mass is 32.2. The third-order valence-corrected chi connectivity index (χ3v) is 5.42. The first kappa shape index (κ1) is 18.3. The number of carbonyl (C=O) groups is 1. The molecule has 4 nitrogen and oxygen atoms in total. The van der Waals surface area contributed by atoms with Crippen molar-refractivity contribution in [3.05, 3.63) is 89.5 Å². The number of nitrogens with zero attached hydrogens (tertiary/aromatic N) is 1. The summed E-state index contributed by atoms with van der Waals surface area (Å²) in [4.78, 5) is 17.7. The summed E-state index contributed by atoms with van der Waals surface area (Å²) in [5.74, 6) is -0.108. The lowest BCUT2D eigenvalue weighted by Crippen LogP contribution is -2.19. The Morgan fingerprint density at radius 1 is 0.964 bits per heavy atom. The molecule has 0 bridgehead atoms. The number of thioether (sulfide) groups is 1. The summed E-state index contributed by atoms with van der Waals surface area (Å²) in [7, 11) is 0. The van der Waals surface area contributed by atoms with Crippen molar-refractivity contribution in [2.75, 3.05) is 5.32 Å². The van der Waals surface area contributed by atoms with Crippen molar-refractivity contribution in [3.63, 3.8) is 0 Å². The molecule has 0 aliphatic heterocycles. The SMILES string of the molecule is Cc1cc(C)cc(NC(=O)C(Sc2nc3ccccc3o2)c2ccccc2)c1. The number of hydrogen-bond acceptors (Lipinski definition) is 4. The number of aromatic nitrogens is 1. The maximum atomic E-state index is 13.2. The largest absolute Gasteiger partial charge is 0.431 e. The standard InChI is InChI=1S/C23H20N2O2S/c1-15-12-16(2)14-18(13-15)24-22(26)21(17-8-4-3-5-9-17)28-23-25-19-10-6-7-11-20(19)27-23/h3-14,21H,1-2H3,(H,24,26). The van der Waals surface area contributed by atoms with E-state index >= 15 is 0 Å². The van der Waals surface area contributed by atoms with E-state index in [2.05, 4.69) is 16.4 Å². The van der Waals surface area contributed by atoms with Crippen LogP contribution in [0.3, 0.4) is 0 Å². The molecule has 4 rings (SSSR count). The molecule has 1 aromatic heterocycles. The minimum Gasteiger partial charge on any atom is -0.431 e. The second-order valence-electron chi connectivity index (χ2n) is 6.72. The number of carbonyl (C=O) groups excluding carboxylic acids is 1. The molecule has 1 unspecified atom stereocenters. The van der Waals surface area contributed by atoms with Gasteiger partial charge in [-0.05, 0) is 66.6 Å². The van der Waals surface area contributed by atoms with Crippen LogP contribution in [-0.2, 0) is 4.79 Å². The van der Waals surface area contributed by atoms with E-state index in [1.165, 1.54) is 11.8 Å². The Hall–Kier alpha value is -3.05. The van der Waals surface area contributed by atoms with Crippen LogP contribution in [0.2, 0.25) is 0 Å². The van der Waals surface area contributed by atoms with Gasteiger partial charge in [0.25, 0.3) is 5.22 Å². The lowest BCUT2D eigenvalue weighted by molar-refractivity contribution is -0.115. The fourth-order valence-electron chi connectivity index (χ4n) is 3.16. The van der Waals surface area contributed by atoms with Crippen molar-refractivity contribution in [1.29, 1.82) is 0 Å². The minimum absolute atomic E-state index is 0.108. The van der Waals surface area contributed by atoms with Gasteiger partial charge in [0.05, 0.1) is 0 Å². The topological polar surface area (TPSA) is 55.1 Å². The number of rotatable bonds is 5. The Kier molecular flexibility index (Phi) is 5.17. The number of para-hydroxylation sites is 2. The summed E-state index contributed by atoms with van der Waals surface area (Å²) in [6.45, 7) is 4.04. The minimum atomic E-state index is -0.477. The number of hydrogen-bond donors (Lipinski definition) is 1. The molecule has 1 atom stereocenters. The number of nitrogens with one attached hydrogen (secondary N) is 1. The van der Waals surface area contributed by atoms with Crippen molar-refractivity contribution in [2.45, 2.75) is 24.3 Å². The average molecular weight is 388 g/mol. The molecule has 4 aromatic rings. The summed E-state index contributed by atoms with van der Waals surface area (Å²) in [5.41, 5.74) is 5.41. The van der Waals surface area contributed by atoms with Gasteiger partial charge in [0, 0.05) is 5.69 Å². The third kappa shape index (κ3) is 4.10. The van der Waals surface area contributed by atoms with Gasteiger partial charge in [-0.3, -0.25) is 4.79 Å². The summed E-state index contributed by atoms with van der Waals surface area (Å²) in [6, 6.07) is 23.3. The number of benzene rings is 3. The van der Waals surface area contributed by atoms with Crippen LogP contribution in [0.1, 0.15) is 21.9 Å². The van der Waals surface area contributed by atoms with Gasteiger partial charge in [0.1, 0.15) is 10.8 Å². The van der Waals surface area contributed by atoms with E-state index in [1.54, 1.807) is 0 Å². The molecule has 5 heteroatoms. The molecule has 1 amide bonds. The Bertz CT molecular complexity index is 1070. The van der Waals surface area contributed by atoms with Crippen molar-refractivity contribution in [1.82, 2.24) is 4.98 Å². The van der Waals surface area contributed by atoms with Crippen LogP contribution in [0, 0.1) is 13.8 Å². The summed E-state index contributed by atoms with van der Waals surface area (Å²) in [6.07, 6.45) is 0. The van der Waals surface area contributed by atoms with Gasteiger partial charge in [0.2, 0.25) is 5.91 Å². The van der Waals surface area contributed by atoms with E-state index in [9.17, 15) is 4.79 Å². The van der Waals surface area contributed by atoms with E-state index in [0.717, 1.165) is 27.9 Å². The molecule has 0 saturated carbocycles. The third-order valence-electron chi connectivity index (χ3n) is 4.32. The highest BCUT2D eigenvalue weighted by Gasteiger charge is 2.25. The van der Waals surface area contributed by atoms with E-state index in [0.29, 0.717) is 10.8 Å². The predicted molar refractivity (Wildman–Crippen MR) is 114 cm³/mol. The normalized spacial score (nSPS) is 12.1. The lowest BCUT2D eigenvalue weighted by atomic mass is 10.1. The number of fused-ring (bicyclic) bond motifs is 1. The highest BCUT2D eigenvalue weighted by Crippen LogP contribution is 2.37. The van der Waals surface area contributed by atoms with E-state index in [-0.39, 0.29) is 5.91 Å². The molecule has 0 aliphatic rings. The molecule has 1 N–H and O–H groups in total. The number of anilines is 1. The predicted octanol–water partition coefficient (Wildman–Crippen LogP) is 5.92. The molecular weight excluding hydrogens is 368 g/mol. The molecule has 0 saturated heterocycles. The monoisotopic (exact) mass is 388 g/mol. The van der Waals surface area contributed by atoms with E-state index in [1.807, 2.05) is 80.6 Å². The number of amides is 1. The molecule has 140 valence electrons. The van der Waals surface area contributed by atoms with Crippen LogP contribution in [0.15, 0.2) is 82.4 Å². The van der Waals surface area contributed by atoms with Crippen LogP contribution in [-0.4, -0.2) is 10.9 Å². The van der Waals surface area contributed by atoms with Gasteiger partial charge < -0.3 is 9.73 Å². The van der Waals surface area contributed by atoms with Crippen LogP contribution >= 0.6 is 11.8 Å². The van der Waals surface area contributed by atoms with Crippen molar-refractivity contribution in [3.8, 4) is 0 Å². The summed E-state index contributed by atoms with van der Waals surface area (Å²) in [5, 5.41) is 3.05. The molecule has 28 heavy (non-hydrogen) atoms. The Morgan fingerprint density at radius 2 is 1.64 bits per heavy atom. The van der Waals surface area contributed by atoms with Crippen LogP contribution in [0.4, 0.5) is 5.69 Å². The summed E-state index contributed by atoms with van der Waals surface area (Å²) < 4.78 is 5.83. The number of aryl methyl sites for hydroxylation is 2. The van der Waals surface area contributed by atoms with Crippen LogP contribution in [0.5, 0.6) is 0 Å². The zero-order chi connectivity index (χ0) is 19.5. The first-order valence-electron chi connectivity index (χ1n) is 9.05. The Balaban J connectivity index is 1.64. The zero-order valence-corrected chi connectivity index (χ0v) is 16.5. The van der Waals surface area contributed by atoms with Crippen molar-refractivity contribution < 1.29 is 9.21 Å². The molecule has 1 heterocycles. The molecule has 0 radical (unpaired) electrons. The molecule has 0 fully saturated rings. The fraction of sp³-hybridized carbons (Fsp3) is 0.130. The average Bonchev–Trinajstić information content (AvgIpc) is 3.08. The second kappa shape index (κ2) is 7.90. The molecular formula is C23H20N2O2S. The second-order valence-corrected chi connectivity index (χ2v) is 7.78. The first-order chi connectivity index (χ1) is 13.6. The zero-order valence-electron chi connectivity index (χ0n) is 15.7. The maximum absolute atomic E-state index is 13.2. The maximum Gasteiger partial charge on any atom is 0.257 e. The van der Waals surface area contributed by atoms with Gasteiger partial charge in [-0.15, -0.1) is 0 Å². The Labute approximate surface area is 168 Å². The van der Waals surface area contributed by atoms with Gasteiger partial charge in [-0.25, -0.2) is 4.98 Å². The van der Waals surface area contributed by atoms with Crippen LogP contribution in [0.25, 0.3) is 11.1 Å². The van der Waals surface area contributed by atoms with Crippen molar-refractivity contribution in [2.24, 2.45) is 0 Å². The molecule has 0 aliphatic carbocycles. The quantitative estimate of drug-likeness (QED) is 0.431. The van der Waals surface area contributed by atoms with Gasteiger partial charge in [-0.1, -0.05) is 48.5 Å². The van der Waals surface area contributed by atoms with Crippen molar-refractivity contribution >= 4 is 34.5 Å². The molecule has 3 aromatic carbocycles. The van der Waals surface area contributed by atoms with Gasteiger partial charge in [0.15, 0.2) is 5.58 Å². The first-order valence-corrected chi connectivity index (χ1v) is 9.93. The highest BCUT2D eigenvalue weighted by molar-refractivity contribution is 8.00. The Morgan fingerprint density at radius 3 is 2.36 bits per heavy atom. The lowest BCUT2D eigenvalue weighted by Gasteiger charge is -2.16. The van der Waals surface area contributed by atoms with E-state index in [4.69, 9.17) is 4.42 Å². The van der Waals surface area contributed by atoms with Gasteiger partial charge in [-0.2, -0.15) is 0 Å². The smallest absolute Gasteiger partial charge is 0.257 e. The van der Waals surface area contributed by atoms with Crippen LogP contribution < -0.4 is 5.32 Å². The van der Waals surface area contributed by atoms with Gasteiger partial charge >= 0.3 is 0 Å². The van der Waals surface area contributed by atoms with E-state index < -0.39 is 5.25 Å². The number of oxazole rings is 1. The molecule has 0 spiro atoms. The fourth-order valence-corrected chi connectivity index (χ4v) is 4.11. The summed E-state index contributed by atoms with van der Waals surface area (Å²) >= 11 is 1.31.